The molecule has 5 heteroatoms. The van der Waals surface area contributed by atoms with Gasteiger partial charge in [0.2, 0.25) is 0 Å². The fourth-order valence-electron chi connectivity index (χ4n) is 2.03. The summed E-state index contributed by atoms with van der Waals surface area (Å²) in [4.78, 5) is 0. The van der Waals surface area contributed by atoms with Gasteiger partial charge in [0.15, 0.2) is 5.11 Å². The molecule has 0 amide bonds. The molecule has 0 spiro atoms. The van der Waals surface area contributed by atoms with Crippen LogP contribution >= 0.6 is 23.8 Å². The summed E-state index contributed by atoms with van der Waals surface area (Å²) >= 11 is 11.3. The van der Waals surface area contributed by atoms with Crippen molar-refractivity contribution in [1.82, 2.24) is 5.32 Å². The Labute approximate surface area is 141 Å². The Morgan fingerprint density at radius 3 is 2.59 bits per heavy atom. The Bertz CT molecular complexity index is 631. The van der Waals surface area contributed by atoms with Crippen molar-refractivity contribution in [2.75, 3.05) is 11.9 Å². The molecule has 0 bridgehead atoms. The minimum Gasteiger partial charge on any atom is -0.494 e. The topological polar surface area (TPSA) is 33.3 Å². The van der Waals surface area contributed by atoms with Crippen molar-refractivity contribution >= 4 is 34.6 Å². The fourth-order valence-corrected chi connectivity index (χ4v) is 2.52. The minimum atomic E-state index is 0.0925. The van der Waals surface area contributed by atoms with Gasteiger partial charge in [-0.25, -0.2) is 0 Å². The Balaban J connectivity index is 1.93. The molecule has 0 aliphatic heterocycles. The number of ether oxygens (including phenoxy) is 1. The summed E-state index contributed by atoms with van der Waals surface area (Å²) < 4.78 is 5.44. The van der Waals surface area contributed by atoms with Gasteiger partial charge in [-0.3, -0.25) is 0 Å². The number of hydrogen-bond donors (Lipinski definition) is 2. The molecule has 2 N–H and O–H groups in total. The van der Waals surface area contributed by atoms with E-state index in [1.165, 1.54) is 0 Å². The van der Waals surface area contributed by atoms with E-state index in [0.717, 1.165) is 17.0 Å². The Hall–Kier alpha value is -1.78. The molecule has 1 unspecified atom stereocenters. The first-order valence-corrected chi connectivity index (χ1v) is 7.93. The molecule has 3 nitrogen and oxygen atoms in total. The molecule has 2 rings (SSSR count). The van der Waals surface area contributed by atoms with E-state index >= 15 is 0 Å². The van der Waals surface area contributed by atoms with Crippen LogP contribution in [0, 0.1) is 0 Å². The molecule has 0 aromatic heterocycles. The van der Waals surface area contributed by atoms with E-state index in [2.05, 4.69) is 17.6 Å². The van der Waals surface area contributed by atoms with Crippen LogP contribution in [0.15, 0.2) is 48.5 Å². The van der Waals surface area contributed by atoms with Crippen LogP contribution in [0.2, 0.25) is 5.02 Å². The highest BCUT2D eigenvalue weighted by molar-refractivity contribution is 7.80. The maximum Gasteiger partial charge on any atom is 0.171 e. The van der Waals surface area contributed by atoms with E-state index in [9.17, 15) is 0 Å². The van der Waals surface area contributed by atoms with Crippen LogP contribution in [0.4, 0.5) is 5.69 Å². The van der Waals surface area contributed by atoms with E-state index in [4.69, 9.17) is 28.6 Å². The first kappa shape index (κ1) is 16.6. The van der Waals surface area contributed by atoms with Gasteiger partial charge in [-0.15, -0.1) is 0 Å². The van der Waals surface area contributed by atoms with Crippen molar-refractivity contribution in [1.29, 1.82) is 0 Å². The molecule has 0 aliphatic carbocycles. The highest BCUT2D eigenvalue weighted by atomic mass is 35.5. The van der Waals surface area contributed by atoms with Crippen molar-refractivity contribution in [2.24, 2.45) is 0 Å². The molecular weight excluding hydrogens is 316 g/mol. The predicted molar refractivity (Wildman–Crippen MR) is 96.8 cm³/mol. The normalized spacial score (nSPS) is 11.6. The van der Waals surface area contributed by atoms with Crippen LogP contribution in [-0.4, -0.2) is 11.7 Å². The highest BCUT2D eigenvalue weighted by Crippen LogP contribution is 2.18. The minimum absolute atomic E-state index is 0.0925. The van der Waals surface area contributed by atoms with E-state index < -0.39 is 0 Å². The molecule has 22 heavy (non-hydrogen) atoms. The van der Waals surface area contributed by atoms with Crippen LogP contribution in [0.3, 0.4) is 0 Å². The van der Waals surface area contributed by atoms with E-state index in [0.29, 0.717) is 16.7 Å². The smallest absolute Gasteiger partial charge is 0.171 e. The summed E-state index contributed by atoms with van der Waals surface area (Å²) in [5.41, 5.74) is 2.00. The average molecular weight is 335 g/mol. The maximum absolute atomic E-state index is 5.95. The molecule has 0 saturated heterocycles. The maximum atomic E-state index is 5.95. The summed E-state index contributed by atoms with van der Waals surface area (Å²) in [6.45, 7) is 4.69. The zero-order valence-corrected chi connectivity index (χ0v) is 14.2. The molecule has 2 aromatic rings. The Morgan fingerprint density at radius 1 is 1.23 bits per heavy atom. The SMILES string of the molecule is CCOc1ccc(C(C)NC(=S)Nc2cccc(Cl)c2)cc1. The van der Waals surface area contributed by atoms with Crippen LogP contribution in [0.5, 0.6) is 5.75 Å². The van der Waals surface area contributed by atoms with Gasteiger partial charge in [0, 0.05) is 10.7 Å². The largest absolute Gasteiger partial charge is 0.494 e. The molecule has 1 atom stereocenters. The number of rotatable bonds is 5. The van der Waals surface area contributed by atoms with E-state index in [1.54, 1.807) is 0 Å². The summed E-state index contributed by atoms with van der Waals surface area (Å²) in [5, 5.41) is 7.61. The zero-order valence-electron chi connectivity index (χ0n) is 12.6. The highest BCUT2D eigenvalue weighted by Gasteiger charge is 2.07. The first-order chi connectivity index (χ1) is 10.6. The Morgan fingerprint density at radius 2 is 1.95 bits per heavy atom. The van der Waals surface area contributed by atoms with Gasteiger partial charge in [0.1, 0.15) is 5.75 Å². The molecule has 0 heterocycles. The lowest BCUT2D eigenvalue weighted by atomic mass is 10.1. The number of benzene rings is 2. The van der Waals surface area contributed by atoms with Gasteiger partial charge >= 0.3 is 0 Å². The Kier molecular flexibility index (Phi) is 6.04. The fraction of sp³-hybridized carbons (Fsp3) is 0.235. The monoisotopic (exact) mass is 334 g/mol. The zero-order chi connectivity index (χ0) is 15.9. The first-order valence-electron chi connectivity index (χ1n) is 7.14. The van der Waals surface area contributed by atoms with Gasteiger partial charge in [-0.1, -0.05) is 29.8 Å². The van der Waals surface area contributed by atoms with Crippen molar-refractivity contribution in [3.05, 3.63) is 59.1 Å². The van der Waals surface area contributed by atoms with E-state index in [-0.39, 0.29) is 6.04 Å². The summed E-state index contributed by atoms with van der Waals surface area (Å²) in [6.07, 6.45) is 0. The van der Waals surface area contributed by atoms with Crippen LogP contribution in [0.25, 0.3) is 0 Å². The van der Waals surface area contributed by atoms with Crippen molar-refractivity contribution in [3.8, 4) is 5.75 Å². The van der Waals surface area contributed by atoms with Crippen molar-refractivity contribution < 1.29 is 4.74 Å². The van der Waals surface area contributed by atoms with Crippen LogP contribution in [-0.2, 0) is 0 Å². The standard InChI is InChI=1S/C17H19ClN2OS/c1-3-21-16-9-7-13(8-10-16)12(2)19-17(22)20-15-6-4-5-14(18)11-15/h4-12H,3H2,1-2H3,(H2,19,20,22). The lowest BCUT2D eigenvalue weighted by Gasteiger charge is -2.18. The predicted octanol–water partition coefficient (Wildman–Crippen LogP) is 4.79. The molecule has 0 saturated carbocycles. The second kappa shape index (κ2) is 8.01. The number of thiocarbonyl (C=S) groups is 1. The van der Waals surface area contributed by atoms with Gasteiger partial charge in [0.05, 0.1) is 12.6 Å². The van der Waals surface area contributed by atoms with Crippen molar-refractivity contribution in [3.63, 3.8) is 0 Å². The third kappa shape index (κ3) is 4.90. The molecule has 0 radical (unpaired) electrons. The third-order valence-electron chi connectivity index (χ3n) is 3.12. The van der Waals surface area contributed by atoms with Crippen LogP contribution < -0.4 is 15.4 Å². The number of hydrogen-bond acceptors (Lipinski definition) is 2. The average Bonchev–Trinajstić information content (AvgIpc) is 2.48. The second-order valence-corrected chi connectivity index (χ2v) is 5.68. The summed E-state index contributed by atoms with van der Waals surface area (Å²) in [5.74, 6) is 0.873. The molecule has 0 aliphatic rings. The van der Waals surface area contributed by atoms with Crippen LogP contribution in [0.1, 0.15) is 25.5 Å². The molecule has 116 valence electrons. The van der Waals surface area contributed by atoms with E-state index in [1.807, 2.05) is 55.5 Å². The third-order valence-corrected chi connectivity index (χ3v) is 3.58. The van der Waals surface area contributed by atoms with Gasteiger partial charge in [-0.2, -0.15) is 0 Å². The number of anilines is 1. The number of nitrogens with one attached hydrogen (secondary N) is 2. The quantitative estimate of drug-likeness (QED) is 0.770. The van der Waals surface area contributed by atoms with Gasteiger partial charge in [-0.05, 0) is 62.0 Å². The summed E-state index contributed by atoms with van der Waals surface area (Å²) in [6, 6.07) is 15.5. The second-order valence-electron chi connectivity index (χ2n) is 4.83. The molecular formula is C17H19ClN2OS. The molecule has 2 aromatic carbocycles. The van der Waals surface area contributed by atoms with Gasteiger partial charge in [0.25, 0.3) is 0 Å². The molecule has 0 fully saturated rings. The van der Waals surface area contributed by atoms with Crippen molar-refractivity contribution in [2.45, 2.75) is 19.9 Å². The lowest BCUT2D eigenvalue weighted by Crippen LogP contribution is -2.30. The lowest BCUT2D eigenvalue weighted by molar-refractivity contribution is 0.340. The number of halogens is 1. The summed E-state index contributed by atoms with van der Waals surface area (Å²) in [7, 11) is 0. The van der Waals surface area contributed by atoms with Gasteiger partial charge < -0.3 is 15.4 Å².